The Bertz CT molecular complexity index is 311. The van der Waals surface area contributed by atoms with Crippen LogP contribution in [0.2, 0.25) is 0 Å². The fourth-order valence-corrected chi connectivity index (χ4v) is 2.78. The molecule has 16 heavy (non-hydrogen) atoms. The second-order valence-electron chi connectivity index (χ2n) is 5.09. The Balaban J connectivity index is 2.03. The normalized spacial score (nSPS) is 31.6. The van der Waals surface area contributed by atoms with Gasteiger partial charge in [-0.25, -0.2) is 0 Å². The molecule has 1 fully saturated rings. The number of hydrogen-bond donors (Lipinski definition) is 1. The van der Waals surface area contributed by atoms with Gasteiger partial charge < -0.3 is 5.73 Å². The first-order chi connectivity index (χ1) is 7.66. The van der Waals surface area contributed by atoms with Gasteiger partial charge in [0.25, 0.3) is 0 Å². The van der Waals surface area contributed by atoms with E-state index in [1.54, 1.807) is 0 Å². The van der Waals surface area contributed by atoms with Crippen molar-refractivity contribution in [1.29, 1.82) is 0 Å². The Morgan fingerprint density at radius 1 is 1.12 bits per heavy atom. The second kappa shape index (κ2) is 4.98. The molecule has 2 N–H and O–H groups in total. The number of nitrogens with two attached hydrogens (primary N) is 1. The summed E-state index contributed by atoms with van der Waals surface area (Å²) in [6, 6.07) is 12.3. The molecular formula is C14H22N2. The molecule has 1 heterocycles. The summed E-state index contributed by atoms with van der Waals surface area (Å²) in [6.07, 6.45) is 2.24. The molecule has 2 heteroatoms. The van der Waals surface area contributed by atoms with Crippen LogP contribution in [-0.4, -0.2) is 23.0 Å². The van der Waals surface area contributed by atoms with Gasteiger partial charge in [-0.3, -0.25) is 4.90 Å². The number of rotatable bonds is 2. The summed E-state index contributed by atoms with van der Waals surface area (Å²) in [5, 5.41) is 0. The maximum Gasteiger partial charge on any atom is 0.0239 e. The third-order valence-electron chi connectivity index (χ3n) is 3.63. The van der Waals surface area contributed by atoms with Crippen LogP contribution in [0.15, 0.2) is 30.3 Å². The van der Waals surface area contributed by atoms with E-state index in [0.29, 0.717) is 18.1 Å². The molecule has 1 aromatic rings. The lowest BCUT2D eigenvalue weighted by atomic mass is 9.93. The maximum absolute atomic E-state index is 6.04. The highest BCUT2D eigenvalue weighted by atomic mass is 15.2. The minimum Gasteiger partial charge on any atom is -0.328 e. The number of benzene rings is 1. The molecule has 1 saturated heterocycles. The van der Waals surface area contributed by atoms with Crippen molar-refractivity contribution in [3.05, 3.63) is 35.9 Å². The van der Waals surface area contributed by atoms with E-state index in [4.69, 9.17) is 5.73 Å². The quantitative estimate of drug-likeness (QED) is 0.826. The van der Waals surface area contributed by atoms with Crippen LogP contribution >= 0.6 is 0 Å². The van der Waals surface area contributed by atoms with Gasteiger partial charge >= 0.3 is 0 Å². The summed E-state index contributed by atoms with van der Waals surface area (Å²) in [4.78, 5) is 2.57. The van der Waals surface area contributed by atoms with Crippen LogP contribution < -0.4 is 5.73 Å². The highest BCUT2D eigenvalue weighted by Gasteiger charge is 2.28. The molecule has 1 aromatic carbocycles. The number of piperidine rings is 1. The van der Waals surface area contributed by atoms with Gasteiger partial charge in [0.05, 0.1) is 0 Å². The van der Waals surface area contributed by atoms with Crippen molar-refractivity contribution in [3.8, 4) is 0 Å². The third-order valence-corrected chi connectivity index (χ3v) is 3.63. The number of nitrogens with zero attached hydrogens (tertiary/aromatic N) is 1. The predicted octanol–water partition coefficient (Wildman–Crippen LogP) is 2.39. The Hall–Kier alpha value is -0.860. The zero-order chi connectivity index (χ0) is 11.5. The van der Waals surface area contributed by atoms with E-state index in [1.165, 1.54) is 5.56 Å². The van der Waals surface area contributed by atoms with Crippen LogP contribution in [-0.2, 0) is 6.54 Å². The molecule has 0 bridgehead atoms. The summed E-state index contributed by atoms with van der Waals surface area (Å²) < 4.78 is 0. The number of hydrogen-bond acceptors (Lipinski definition) is 2. The molecular weight excluding hydrogens is 196 g/mol. The molecule has 2 rings (SSSR count). The van der Waals surface area contributed by atoms with Gasteiger partial charge in [-0.2, -0.15) is 0 Å². The van der Waals surface area contributed by atoms with Crippen LogP contribution in [0.1, 0.15) is 32.3 Å². The van der Waals surface area contributed by atoms with Crippen molar-refractivity contribution in [1.82, 2.24) is 4.90 Å². The van der Waals surface area contributed by atoms with E-state index < -0.39 is 0 Å². The molecule has 3 atom stereocenters. The van der Waals surface area contributed by atoms with Gasteiger partial charge in [-0.05, 0) is 32.3 Å². The van der Waals surface area contributed by atoms with Gasteiger partial charge in [-0.15, -0.1) is 0 Å². The third kappa shape index (κ3) is 2.63. The van der Waals surface area contributed by atoms with Crippen molar-refractivity contribution in [2.45, 2.75) is 51.4 Å². The first-order valence-corrected chi connectivity index (χ1v) is 6.22. The maximum atomic E-state index is 6.04. The average molecular weight is 218 g/mol. The summed E-state index contributed by atoms with van der Waals surface area (Å²) in [6.45, 7) is 5.63. The summed E-state index contributed by atoms with van der Waals surface area (Å²) in [5.41, 5.74) is 7.44. The fourth-order valence-electron chi connectivity index (χ4n) is 2.78. The van der Waals surface area contributed by atoms with E-state index in [2.05, 4.69) is 49.1 Å². The smallest absolute Gasteiger partial charge is 0.0239 e. The van der Waals surface area contributed by atoms with Gasteiger partial charge in [0, 0.05) is 24.7 Å². The van der Waals surface area contributed by atoms with Crippen LogP contribution in [0.25, 0.3) is 0 Å². The highest BCUT2D eigenvalue weighted by molar-refractivity contribution is 5.15. The van der Waals surface area contributed by atoms with E-state index in [9.17, 15) is 0 Å². The summed E-state index contributed by atoms with van der Waals surface area (Å²) >= 11 is 0. The van der Waals surface area contributed by atoms with E-state index in [0.717, 1.165) is 19.4 Å². The van der Waals surface area contributed by atoms with Crippen molar-refractivity contribution in [2.24, 2.45) is 5.73 Å². The van der Waals surface area contributed by atoms with Crippen LogP contribution in [0.5, 0.6) is 0 Å². The van der Waals surface area contributed by atoms with E-state index in [-0.39, 0.29) is 0 Å². The number of likely N-dealkylation sites (tertiary alicyclic amines) is 1. The SMILES string of the molecule is C[C@@H]1CC(N)C[C@H](C)N1Cc1ccccc1. The monoisotopic (exact) mass is 218 g/mol. The lowest BCUT2D eigenvalue weighted by Crippen LogP contribution is -2.50. The lowest BCUT2D eigenvalue weighted by molar-refractivity contribution is 0.0843. The fraction of sp³-hybridized carbons (Fsp3) is 0.571. The summed E-state index contributed by atoms with van der Waals surface area (Å²) in [5.74, 6) is 0. The Morgan fingerprint density at radius 2 is 1.69 bits per heavy atom. The molecule has 0 aliphatic carbocycles. The molecule has 1 aliphatic heterocycles. The molecule has 0 saturated carbocycles. The Kier molecular flexibility index (Phi) is 3.62. The van der Waals surface area contributed by atoms with Crippen molar-refractivity contribution in [2.75, 3.05) is 0 Å². The minimum atomic E-state index is 0.386. The van der Waals surface area contributed by atoms with Gasteiger partial charge in [-0.1, -0.05) is 30.3 Å². The Labute approximate surface area is 98.4 Å². The molecule has 0 amide bonds. The predicted molar refractivity (Wildman–Crippen MR) is 68.1 cm³/mol. The first-order valence-electron chi connectivity index (χ1n) is 6.22. The van der Waals surface area contributed by atoms with E-state index >= 15 is 0 Å². The van der Waals surface area contributed by atoms with Gasteiger partial charge in [0.1, 0.15) is 0 Å². The van der Waals surface area contributed by atoms with Crippen LogP contribution in [0, 0.1) is 0 Å². The van der Waals surface area contributed by atoms with Crippen molar-refractivity contribution >= 4 is 0 Å². The zero-order valence-electron chi connectivity index (χ0n) is 10.3. The lowest BCUT2D eigenvalue weighted by Gasteiger charge is -2.41. The molecule has 0 radical (unpaired) electrons. The zero-order valence-corrected chi connectivity index (χ0v) is 10.3. The van der Waals surface area contributed by atoms with E-state index in [1.807, 2.05) is 0 Å². The first kappa shape index (κ1) is 11.6. The highest BCUT2D eigenvalue weighted by Crippen LogP contribution is 2.23. The van der Waals surface area contributed by atoms with Crippen molar-refractivity contribution in [3.63, 3.8) is 0 Å². The van der Waals surface area contributed by atoms with Crippen LogP contribution in [0.4, 0.5) is 0 Å². The molecule has 0 spiro atoms. The van der Waals surface area contributed by atoms with Crippen molar-refractivity contribution < 1.29 is 0 Å². The van der Waals surface area contributed by atoms with Crippen LogP contribution in [0.3, 0.4) is 0 Å². The average Bonchev–Trinajstić information content (AvgIpc) is 2.25. The molecule has 1 unspecified atom stereocenters. The molecule has 1 aliphatic rings. The van der Waals surface area contributed by atoms with Gasteiger partial charge in [0.15, 0.2) is 0 Å². The molecule has 0 aromatic heterocycles. The Morgan fingerprint density at radius 3 is 2.25 bits per heavy atom. The topological polar surface area (TPSA) is 29.3 Å². The summed E-state index contributed by atoms with van der Waals surface area (Å²) in [7, 11) is 0. The molecule has 88 valence electrons. The standard InChI is InChI=1S/C14H22N2/c1-11-8-14(15)9-12(2)16(11)10-13-6-4-3-5-7-13/h3-7,11-12,14H,8-10,15H2,1-2H3/t11-,12+,14?. The minimum absolute atomic E-state index is 0.386. The van der Waals surface area contributed by atoms with Gasteiger partial charge in [0.2, 0.25) is 0 Å². The second-order valence-corrected chi connectivity index (χ2v) is 5.09. The molecule has 2 nitrogen and oxygen atoms in total. The largest absolute Gasteiger partial charge is 0.328 e.